The summed E-state index contributed by atoms with van der Waals surface area (Å²) in [6, 6.07) is 19.8. The number of carbonyl (C=O) groups is 3. The van der Waals surface area contributed by atoms with E-state index in [4.69, 9.17) is 11.6 Å². The Balaban J connectivity index is 1.10. The molecule has 0 unspecified atom stereocenters. The summed E-state index contributed by atoms with van der Waals surface area (Å²) in [6.45, 7) is 8.56. The molecule has 0 spiro atoms. The Labute approximate surface area is 290 Å². The molecule has 8 nitrogen and oxygen atoms in total. The standard InChI is InChI=1S/C38H41ClN4O4S/c1-38(2,3)34-13-12-33(48-34)32(44)19-28(36(45)43-22-29(23-43)37(46)47)18-24-4-6-27(7-5-24)35-40-20-31(21-41-35)42-16-14-26(15-17-42)25-8-10-30(39)11-9-25/h4-13,20-21,26,28-29H,14-19,22-23H2,1-3H3,(H,46,47)/t28-/m1/s1. The van der Waals surface area contributed by atoms with E-state index in [0.717, 1.165) is 52.6 Å². The van der Waals surface area contributed by atoms with Crippen LogP contribution in [0, 0.1) is 11.8 Å². The lowest BCUT2D eigenvalue weighted by atomic mass is 9.89. The SMILES string of the molecule is CC(C)(C)c1ccc(C(=O)C[C@@H](Cc2ccc(-c3ncc(N4CCC(c5ccc(Cl)cc5)CC4)cn3)cc2)C(=O)N2CC(C(=O)O)C2)s1. The van der Waals surface area contributed by atoms with Gasteiger partial charge in [0.1, 0.15) is 0 Å². The van der Waals surface area contributed by atoms with Crippen molar-refractivity contribution in [1.82, 2.24) is 14.9 Å². The first-order valence-corrected chi connectivity index (χ1v) is 17.7. The zero-order valence-electron chi connectivity index (χ0n) is 27.6. The van der Waals surface area contributed by atoms with Gasteiger partial charge in [-0.3, -0.25) is 14.4 Å². The second kappa shape index (κ2) is 14.2. The lowest BCUT2D eigenvalue weighted by molar-refractivity contribution is -0.154. The average molecular weight is 685 g/mol. The fourth-order valence-electron chi connectivity index (χ4n) is 6.45. The number of amides is 1. The van der Waals surface area contributed by atoms with Crippen molar-refractivity contribution in [2.75, 3.05) is 31.1 Å². The van der Waals surface area contributed by atoms with Crippen LogP contribution in [0.5, 0.6) is 0 Å². The van der Waals surface area contributed by atoms with E-state index in [9.17, 15) is 19.5 Å². The maximum absolute atomic E-state index is 13.5. The molecule has 1 atom stereocenters. The number of halogens is 1. The van der Waals surface area contributed by atoms with Crippen LogP contribution in [0.4, 0.5) is 5.69 Å². The number of carboxylic acid groups (broad SMARTS) is 1. The number of carbonyl (C=O) groups excluding carboxylic acids is 2. The summed E-state index contributed by atoms with van der Waals surface area (Å²) in [7, 11) is 0. The molecule has 0 radical (unpaired) electrons. The van der Waals surface area contributed by atoms with Crippen molar-refractivity contribution in [2.24, 2.45) is 11.8 Å². The normalized spacial score (nSPS) is 16.4. The Morgan fingerprint density at radius 1 is 0.938 bits per heavy atom. The highest BCUT2D eigenvalue weighted by molar-refractivity contribution is 7.14. The molecule has 4 aromatic rings. The number of anilines is 1. The minimum Gasteiger partial charge on any atom is -0.481 e. The van der Waals surface area contributed by atoms with E-state index in [1.165, 1.54) is 16.9 Å². The topological polar surface area (TPSA) is 104 Å². The summed E-state index contributed by atoms with van der Waals surface area (Å²) >= 11 is 7.54. The van der Waals surface area contributed by atoms with Crippen LogP contribution in [-0.2, 0) is 21.4 Å². The predicted octanol–water partition coefficient (Wildman–Crippen LogP) is 7.51. The Kier molecular flexibility index (Phi) is 9.99. The first-order valence-electron chi connectivity index (χ1n) is 16.5. The number of thiophene rings is 1. The number of piperidine rings is 1. The monoisotopic (exact) mass is 684 g/mol. The van der Waals surface area contributed by atoms with Crippen molar-refractivity contribution in [3.05, 3.63) is 99.0 Å². The largest absolute Gasteiger partial charge is 0.481 e. The maximum atomic E-state index is 13.5. The van der Waals surface area contributed by atoms with Gasteiger partial charge in [-0.25, -0.2) is 9.97 Å². The third kappa shape index (κ3) is 7.79. The van der Waals surface area contributed by atoms with E-state index >= 15 is 0 Å². The van der Waals surface area contributed by atoms with Crippen LogP contribution in [-0.4, -0.2) is 63.8 Å². The number of hydrogen-bond acceptors (Lipinski definition) is 7. The zero-order chi connectivity index (χ0) is 34.0. The number of likely N-dealkylation sites (tertiary alicyclic amines) is 1. The van der Waals surface area contributed by atoms with Gasteiger partial charge < -0.3 is 14.9 Å². The quantitative estimate of drug-likeness (QED) is 0.172. The van der Waals surface area contributed by atoms with Crippen LogP contribution in [0.2, 0.25) is 5.02 Å². The summed E-state index contributed by atoms with van der Waals surface area (Å²) in [5, 5.41) is 10.1. The van der Waals surface area contributed by atoms with Crippen molar-refractivity contribution in [1.29, 1.82) is 0 Å². The van der Waals surface area contributed by atoms with Gasteiger partial charge in [-0.1, -0.05) is 68.8 Å². The molecule has 48 heavy (non-hydrogen) atoms. The average Bonchev–Trinajstić information content (AvgIpc) is 3.56. The summed E-state index contributed by atoms with van der Waals surface area (Å²) in [4.78, 5) is 53.3. The molecule has 0 bridgehead atoms. The van der Waals surface area contributed by atoms with Crippen LogP contribution < -0.4 is 4.90 Å². The fraction of sp³-hybridized carbons (Fsp3) is 0.395. The molecule has 250 valence electrons. The van der Waals surface area contributed by atoms with Gasteiger partial charge in [0, 0.05) is 54.0 Å². The molecule has 2 fully saturated rings. The maximum Gasteiger partial charge on any atom is 0.310 e. The summed E-state index contributed by atoms with van der Waals surface area (Å²) in [5.41, 5.74) is 4.06. The highest BCUT2D eigenvalue weighted by Crippen LogP contribution is 2.33. The van der Waals surface area contributed by atoms with E-state index < -0.39 is 17.8 Å². The van der Waals surface area contributed by atoms with Crippen molar-refractivity contribution in [3.63, 3.8) is 0 Å². The fourth-order valence-corrected chi connectivity index (χ4v) is 7.59. The Morgan fingerprint density at radius 2 is 1.58 bits per heavy atom. The van der Waals surface area contributed by atoms with Crippen LogP contribution >= 0.6 is 22.9 Å². The molecule has 2 aliphatic rings. The van der Waals surface area contributed by atoms with Crippen LogP contribution in [0.3, 0.4) is 0 Å². The molecule has 2 aromatic carbocycles. The Hall–Kier alpha value is -4.08. The smallest absolute Gasteiger partial charge is 0.310 e. The highest BCUT2D eigenvalue weighted by atomic mass is 35.5. The number of aliphatic carboxylic acids is 1. The Bertz CT molecular complexity index is 1750. The van der Waals surface area contributed by atoms with E-state index in [2.05, 4.69) is 47.8 Å². The summed E-state index contributed by atoms with van der Waals surface area (Å²) in [5.74, 6) is -1.13. The van der Waals surface area contributed by atoms with Gasteiger partial charge in [0.15, 0.2) is 11.6 Å². The highest BCUT2D eigenvalue weighted by Gasteiger charge is 2.39. The molecule has 0 aliphatic carbocycles. The number of hydrogen-bond donors (Lipinski definition) is 1. The van der Waals surface area contributed by atoms with E-state index in [1.54, 1.807) is 4.90 Å². The van der Waals surface area contributed by atoms with Gasteiger partial charge in [0.05, 0.1) is 28.9 Å². The molecule has 1 amide bonds. The molecule has 2 aliphatic heterocycles. The molecule has 1 N–H and O–H groups in total. The van der Waals surface area contributed by atoms with Gasteiger partial charge in [-0.15, -0.1) is 11.3 Å². The van der Waals surface area contributed by atoms with Crippen molar-refractivity contribution < 1.29 is 19.5 Å². The minimum atomic E-state index is -0.899. The van der Waals surface area contributed by atoms with Crippen LogP contribution in [0.15, 0.2) is 73.1 Å². The first kappa shape index (κ1) is 33.8. The number of nitrogens with zero attached hydrogens (tertiary/aromatic N) is 4. The molecule has 4 heterocycles. The summed E-state index contributed by atoms with van der Waals surface area (Å²) < 4.78 is 0. The second-order valence-electron chi connectivity index (χ2n) is 14.0. The first-order chi connectivity index (χ1) is 22.9. The van der Waals surface area contributed by atoms with Crippen molar-refractivity contribution in [3.8, 4) is 11.4 Å². The van der Waals surface area contributed by atoms with Gasteiger partial charge >= 0.3 is 5.97 Å². The number of aromatic nitrogens is 2. The lowest BCUT2D eigenvalue weighted by Gasteiger charge is -2.38. The van der Waals surface area contributed by atoms with E-state index in [1.807, 2.05) is 60.9 Å². The molecule has 10 heteroatoms. The molecule has 2 aromatic heterocycles. The van der Waals surface area contributed by atoms with E-state index in [-0.39, 0.29) is 36.6 Å². The number of rotatable bonds is 10. The molecule has 6 rings (SSSR count). The molecule has 0 saturated carbocycles. The zero-order valence-corrected chi connectivity index (χ0v) is 29.1. The second-order valence-corrected chi connectivity index (χ2v) is 15.5. The molecule has 2 saturated heterocycles. The molecular weight excluding hydrogens is 644 g/mol. The van der Waals surface area contributed by atoms with Gasteiger partial charge in [-0.2, -0.15) is 0 Å². The van der Waals surface area contributed by atoms with Crippen LogP contribution in [0.1, 0.15) is 71.6 Å². The number of ketones is 1. The molecular formula is C38H41ClN4O4S. The van der Waals surface area contributed by atoms with Gasteiger partial charge in [0.2, 0.25) is 5.91 Å². The van der Waals surface area contributed by atoms with Gasteiger partial charge in [0.25, 0.3) is 0 Å². The third-order valence-corrected chi connectivity index (χ3v) is 11.3. The number of carboxylic acids is 1. The van der Waals surface area contributed by atoms with Crippen LogP contribution in [0.25, 0.3) is 11.4 Å². The number of benzene rings is 2. The Morgan fingerprint density at radius 3 is 2.17 bits per heavy atom. The van der Waals surface area contributed by atoms with Crippen molar-refractivity contribution >= 4 is 46.3 Å². The third-order valence-electron chi connectivity index (χ3n) is 9.48. The van der Waals surface area contributed by atoms with Gasteiger partial charge in [-0.05, 0) is 66.0 Å². The minimum absolute atomic E-state index is 0.0661. The van der Waals surface area contributed by atoms with E-state index in [0.29, 0.717) is 23.0 Å². The number of Topliss-reactive ketones (excluding diaryl/α,β-unsaturated/α-hetero) is 1. The van der Waals surface area contributed by atoms with Crippen molar-refractivity contribution in [2.45, 2.75) is 57.8 Å². The lowest BCUT2D eigenvalue weighted by Crippen LogP contribution is -2.55. The summed E-state index contributed by atoms with van der Waals surface area (Å²) in [6.07, 6.45) is 6.33. The predicted molar refractivity (Wildman–Crippen MR) is 190 cm³/mol.